The Morgan fingerprint density at radius 1 is 1.50 bits per heavy atom. The van der Waals surface area contributed by atoms with Crippen molar-refractivity contribution < 1.29 is 18.0 Å². The molecule has 0 radical (unpaired) electrons. The minimum atomic E-state index is -4.49. The molecule has 0 N–H and O–H groups in total. The predicted molar refractivity (Wildman–Crippen MR) is 37.1 cm³/mol. The van der Waals surface area contributed by atoms with E-state index in [1.165, 1.54) is 0 Å². The fourth-order valence-corrected chi connectivity index (χ4v) is 0.787. The summed E-state index contributed by atoms with van der Waals surface area (Å²) >= 11 is 5.17. The van der Waals surface area contributed by atoms with Gasteiger partial charge in [0.05, 0.1) is 5.57 Å². The molecule has 0 amide bonds. The van der Waals surface area contributed by atoms with E-state index in [-0.39, 0.29) is 0 Å². The maximum atomic E-state index is 11.9. The Kier molecular flexibility index (Phi) is 2.23. The van der Waals surface area contributed by atoms with E-state index >= 15 is 0 Å². The molecule has 1 rings (SSSR count). The first-order chi connectivity index (χ1) is 5.41. The number of halogens is 4. The van der Waals surface area contributed by atoms with Crippen molar-refractivity contribution in [1.82, 2.24) is 0 Å². The fraction of sp³-hybridized carbons (Fsp3) is 0.333. The normalized spacial score (nSPS) is 18.8. The number of alkyl halides is 3. The van der Waals surface area contributed by atoms with Crippen LogP contribution >= 0.6 is 11.6 Å². The zero-order chi connectivity index (χ0) is 9.35. The van der Waals surface area contributed by atoms with Crippen LogP contribution in [-0.4, -0.2) is 17.1 Å². The monoisotopic (exact) mass is 197 g/mol. The first kappa shape index (κ1) is 9.25. The Balaban J connectivity index is 2.92. The van der Waals surface area contributed by atoms with Crippen LogP contribution in [0.25, 0.3) is 0 Å². The summed E-state index contributed by atoms with van der Waals surface area (Å²) in [5.74, 6) is -0.800. The van der Waals surface area contributed by atoms with Crippen LogP contribution < -0.4 is 0 Å². The van der Waals surface area contributed by atoms with Gasteiger partial charge >= 0.3 is 6.18 Å². The first-order valence-electron chi connectivity index (χ1n) is 2.94. The SMILES string of the molecule is O=C1CC(C(F)(F)F)=CN=C1Cl. The smallest absolute Gasteiger partial charge is 0.291 e. The number of rotatable bonds is 0. The van der Waals surface area contributed by atoms with E-state index in [9.17, 15) is 18.0 Å². The molecule has 0 aliphatic carbocycles. The topological polar surface area (TPSA) is 29.4 Å². The van der Waals surface area contributed by atoms with E-state index in [1.54, 1.807) is 0 Å². The number of carbonyl (C=O) groups excluding carboxylic acids is 1. The Labute approximate surface area is 70.7 Å². The highest BCUT2D eigenvalue weighted by Gasteiger charge is 2.36. The number of Topliss-reactive ketones (excluding diaryl/α,β-unsaturated/α-hetero) is 1. The van der Waals surface area contributed by atoms with Gasteiger partial charge in [-0.25, -0.2) is 4.99 Å². The zero-order valence-electron chi connectivity index (χ0n) is 5.65. The molecule has 0 bridgehead atoms. The summed E-state index contributed by atoms with van der Waals surface area (Å²) in [6.45, 7) is 0. The van der Waals surface area contributed by atoms with Crippen molar-refractivity contribution in [2.75, 3.05) is 0 Å². The summed E-state index contributed by atoms with van der Waals surface area (Å²) in [4.78, 5) is 13.8. The second-order valence-corrected chi connectivity index (χ2v) is 2.53. The average molecular weight is 198 g/mol. The molecule has 0 aromatic heterocycles. The van der Waals surface area contributed by atoms with Crippen molar-refractivity contribution in [3.05, 3.63) is 11.8 Å². The summed E-state index contributed by atoms with van der Waals surface area (Å²) < 4.78 is 35.7. The van der Waals surface area contributed by atoms with Crippen molar-refractivity contribution in [1.29, 1.82) is 0 Å². The number of hydrogen-bond donors (Lipinski definition) is 0. The standard InChI is InChI=1S/C6H3ClF3NO/c7-5-4(12)1-3(2-11-5)6(8,9)10/h2H,1H2. The highest BCUT2D eigenvalue weighted by atomic mass is 35.5. The molecule has 12 heavy (non-hydrogen) atoms. The molecule has 66 valence electrons. The molecular weight excluding hydrogens is 195 g/mol. The van der Waals surface area contributed by atoms with E-state index in [4.69, 9.17) is 11.6 Å². The number of nitrogens with zero attached hydrogens (tertiary/aromatic N) is 1. The number of ketones is 1. The third-order valence-electron chi connectivity index (χ3n) is 1.28. The summed E-state index contributed by atoms with van der Waals surface area (Å²) in [6.07, 6.45) is -4.63. The van der Waals surface area contributed by atoms with Crippen LogP contribution in [0.3, 0.4) is 0 Å². The highest BCUT2D eigenvalue weighted by Crippen LogP contribution is 2.30. The molecule has 0 aromatic rings. The van der Waals surface area contributed by atoms with E-state index in [0.29, 0.717) is 6.20 Å². The maximum Gasteiger partial charge on any atom is 0.414 e. The number of hydrogen-bond acceptors (Lipinski definition) is 2. The van der Waals surface area contributed by atoms with Crippen LogP contribution in [0, 0.1) is 0 Å². The zero-order valence-corrected chi connectivity index (χ0v) is 6.41. The van der Waals surface area contributed by atoms with Crippen LogP contribution in [0.15, 0.2) is 16.8 Å². The lowest BCUT2D eigenvalue weighted by atomic mass is 10.1. The van der Waals surface area contributed by atoms with Crippen molar-refractivity contribution in [2.45, 2.75) is 12.6 Å². The molecule has 2 nitrogen and oxygen atoms in total. The van der Waals surface area contributed by atoms with Gasteiger partial charge in [-0.05, 0) is 0 Å². The van der Waals surface area contributed by atoms with Gasteiger partial charge in [-0.2, -0.15) is 13.2 Å². The second kappa shape index (κ2) is 2.90. The fourth-order valence-electron chi connectivity index (χ4n) is 0.672. The lowest BCUT2D eigenvalue weighted by Gasteiger charge is -2.11. The average Bonchev–Trinajstić information content (AvgIpc) is 1.92. The van der Waals surface area contributed by atoms with Crippen LogP contribution in [-0.2, 0) is 4.79 Å². The Bertz CT molecular complexity index is 279. The first-order valence-corrected chi connectivity index (χ1v) is 3.32. The predicted octanol–water partition coefficient (Wildman–Crippen LogP) is 2.04. The quantitative estimate of drug-likeness (QED) is 0.584. The van der Waals surface area contributed by atoms with Gasteiger partial charge in [-0.15, -0.1) is 0 Å². The molecule has 0 aromatic carbocycles. The molecular formula is C6H3ClF3NO. The minimum absolute atomic E-state index is 0.400. The minimum Gasteiger partial charge on any atom is -0.291 e. The van der Waals surface area contributed by atoms with Crippen molar-refractivity contribution in [2.24, 2.45) is 4.99 Å². The lowest BCUT2D eigenvalue weighted by Crippen LogP contribution is -2.21. The van der Waals surface area contributed by atoms with Gasteiger partial charge in [0.1, 0.15) is 0 Å². The summed E-state index contributed by atoms with van der Waals surface area (Å²) in [6, 6.07) is 0. The van der Waals surface area contributed by atoms with Gasteiger partial charge in [0, 0.05) is 12.6 Å². The molecule has 0 spiro atoms. The number of carbonyl (C=O) groups is 1. The Morgan fingerprint density at radius 3 is 2.50 bits per heavy atom. The van der Waals surface area contributed by atoms with Crippen LogP contribution in [0.1, 0.15) is 6.42 Å². The van der Waals surface area contributed by atoms with Crippen molar-refractivity contribution in [3.63, 3.8) is 0 Å². The second-order valence-electron chi connectivity index (χ2n) is 2.17. The molecule has 1 heterocycles. The Hall–Kier alpha value is -0.840. The Morgan fingerprint density at radius 2 is 2.08 bits per heavy atom. The van der Waals surface area contributed by atoms with Gasteiger partial charge in [0.15, 0.2) is 11.0 Å². The van der Waals surface area contributed by atoms with Crippen molar-refractivity contribution in [3.8, 4) is 0 Å². The van der Waals surface area contributed by atoms with Crippen molar-refractivity contribution >= 4 is 22.6 Å². The molecule has 1 aliphatic heterocycles. The van der Waals surface area contributed by atoms with Gasteiger partial charge in [-0.1, -0.05) is 11.6 Å². The summed E-state index contributed by atoms with van der Waals surface area (Å²) in [7, 11) is 0. The molecule has 0 saturated carbocycles. The van der Waals surface area contributed by atoms with Crippen LogP contribution in [0.2, 0.25) is 0 Å². The number of aliphatic imine (C=N–C) groups is 1. The van der Waals surface area contributed by atoms with Gasteiger partial charge < -0.3 is 0 Å². The maximum absolute atomic E-state index is 11.9. The van der Waals surface area contributed by atoms with Crippen LogP contribution in [0.4, 0.5) is 13.2 Å². The molecule has 0 fully saturated rings. The molecule has 0 saturated heterocycles. The van der Waals surface area contributed by atoms with Gasteiger partial charge in [0.25, 0.3) is 0 Å². The van der Waals surface area contributed by atoms with E-state index in [0.717, 1.165) is 0 Å². The van der Waals surface area contributed by atoms with E-state index in [1.807, 2.05) is 0 Å². The van der Waals surface area contributed by atoms with Gasteiger partial charge in [0.2, 0.25) is 0 Å². The van der Waals surface area contributed by atoms with E-state index < -0.39 is 29.1 Å². The van der Waals surface area contributed by atoms with Gasteiger partial charge in [-0.3, -0.25) is 4.79 Å². The molecule has 0 unspecified atom stereocenters. The third-order valence-corrected chi connectivity index (χ3v) is 1.59. The van der Waals surface area contributed by atoms with Crippen LogP contribution in [0.5, 0.6) is 0 Å². The lowest BCUT2D eigenvalue weighted by molar-refractivity contribution is -0.117. The highest BCUT2D eigenvalue weighted by molar-refractivity contribution is 6.83. The molecule has 6 heteroatoms. The summed E-state index contributed by atoms with van der Waals surface area (Å²) in [5.41, 5.74) is -0.961. The molecule has 1 aliphatic rings. The van der Waals surface area contributed by atoms with E-state index in [2.05, 4.69) is 4.99 Å². The molecule has 0 atom stereocenters. The third kappa shape index (κ3) is 1.85. The number of allylic oxidation sites excluding steroid dienone is 1. The largest absolute Gasteiger partial charge is 0.414 e. The summed E-state index contributed by atoms with van der Waals surface area (Å²) in [5, 5.41) is -0.400.